The molecular weight excluding hydrogens is 704 g/mol. The molecule has 242 valence electrons. The van der Waals surface area contributed by atoms with Crippen LogP contribution in [0.3, 0.4) is 0 Å². The minimum absolute atomic E-state index is 0.122. The van der Waals surface area contributed by atoms with Crippen LogP contribution < -0.4 is 5.32 Å². The molecule has 6 rings (SSSR count). The van der Waals surface area contributed by atoms with Crippen molar-refractivity contribution in [1.82, 2.24) is 24.5 Å². The number of urea groups is 1. The van der Waals surface area contributed by atoms with Crippen LogP contribution in [-0.4, -0.2) is 114 Å². The number of rotatable bonds is 7. The van der Waals surface area contributed by atoms with Gasteiger partial charge in [-0.25, -0.2) is 9.59 Å². The largest absolute Gasteiger partial charge is 0.445 e. The Morgan fingerprint density at radius 1 is 0.978 bits per heavy atom. The van der Waals surface area contributed by atoms with Gasteiger partial charge < -0.3 is 24.6 Å². The fourth-order valence-corrected chi connectivity index (χ4v) is 8.27. The van der Waals surface area contributed by atoms with Crippen LogP contribution >= 0.6 is 31.9 Å². The van der Waals surface area contributed by atoms with Gasteiger partial charge in [-0.15, -0.1) is 0 Å². The molecule has 0 spiro atoms. The van der Waals surface area contributed by atoms with E-state index >= 15 is 0 Å². The van der Waals surface area contributed by atoms with Gasteiger partial charge in [0.1, 0.15) is 18.6 Å². The molecule has 3 saturated heterocycles. The Hall–Kier alpha value is -2.51. The Bertz CT molecular complexity index is 1400. The number of fused-ring (bicyclic) bond motifs is 1. The van der Waals surface area contributed by atoms with Crippen LogP contribution in [0, 0.1) is 0 Å². The average Bonchev–Trinajstić information content (AvgIpc) is 3.05. The SMILES string of the molecule is CN1CCC(N2CCN([C@]3(CC=O)C[C@H](N4Cc5ccccc5NC4=O)CCN3C(=O)OCc3ccc(Br)c(Br)c3)CC2)CC1. The summed E-state index contributed by atoms with van der Waals surface area (Å²) in [6.45, 7) is 6.47. The first-order valence-electron chi connectivity index (χ1n) is 15.9. The second kappa shape index (κ2) is 14.1. The first-order valence-corrected chi connectivity index (χ1v) is 17.5. The highest BCUT2D eigenvalue weighted by molar-refractivity contribution is 9.13. The van der Waals surface area contributed by atoms with E-state index in [-0.39, 0.29) is 25.1 Å². The Kier molecular flexibility index (Phi) is 10.2. The summed E-state index contributed by atoms with van der Waals surface area (Å²) in [5.74, 6) is 0. The number of piperidine rings is 2. The van der Waals surface area contributed by atoms with Gasteiger partial charge in [0.25, 0.3) is 0 Å². The van der Waals surface area contributed by atoms with E-state index in [9.17, 15) is 14.4 Å². The van der Waals surface area contributed by atoms with Gasteiger partial charge in [0, 0.05) is 78.8 Å². The zero-order valence-electron chi connectivity index (χ0n) is 25.8. The Labute approximate surface area is 282 Å². The minimum Gasteiger partial charge on any atom is -0.445 e. The fraction of sp³-hybridized carbons (Fsp3) is 0.545. The number of ether oxygens (including phenoxy) is 1. The van der Waals surface area contributed by atoms with Gasteiger partial charge in [-0.2, -0.15) is 0 Å². The Balaban J connectivity index is 1.24. The lowest BCUT2D eigenvalue weighted by molar-refractivity contribution is -0.130. The number of carbonyl (C=O) groups is 3. The van der Waals surface area contributed by atoms with Crippen LogP contribution in [0.15, 0.2) is 51.4 Å². The number of para-hydroxylation sites is 1. The molecule has 2 aromatic rings. The molecule has 3 amide bonds. The summed E-state index contributed by atoms with van der Waals surface area (Å²) in [6, 6.07) is 13.9. The molecule has 12 heteroatoms. The molecule has 0 radical (unpaired) electrons. The molecule has 0 aliphatic carbocycles. The summed E-state index contributed by atoms with van der Waals surface area (Å²) in [4.78, 5) is 50.8. The van der Waals surface area contributed by atoms with Crippen molar-refractivity contribution in [2.24, 2.45) is 0 Å². The predicted octanol–water partition coefficient (Wildman–Crippen LogP) is 5.36. The van der Waals surface area contributed by atoms with Crippen LogP contribution in [0.5, 0.6) is 0 Å². The van der Waals surface area contributed by atoms with E-state index < -0.39 is 11.8 Å². The molecule has 0 aromatic heterocycles. The number of hydrogen-bond donors (Lipinski definition) is 1. The summed E-state index contributed by atoms with van der Waals surface area (Å²) in [5, 5.41) is 3.05. The van der Waals surface area contributed by atoms with E-state index in [0.29, 0.717) is 32.0 Å². The molecule has 1 N–H and O–H groups in total. The number of halogens is 2. The number of anilines is 1. The van der Waals surface area contributed by atoms with E-state index in [0.717, 1.165) is 84.2 Å². The van der Waals surface area contributed by atoms with E-state index in [1.807, 2.05) is 47.4 Å². The molecule has 0 saturated carbocycles. The van der Waals surface area contributed by atoms with Crippen molar-refractivity contribution in [1.29, 1.82) is 0 Å². The van der Waals surface area contributed by atoms with Gasteiger partial charge in [-0.3, -0.25) is 14.7 Å². The molecule has 2 aromatic carbocycles. The third-order valence-electron chi connectivity index (χ3n) is 10.1. The number of amides is 3. The molecule has 0 unspecified atom stereocenters. The second-order valence-electron chi connectivity index (χ2n) is 12.7. The molecule has 3 fully saturated rings. The van der Waals surface area contributed by atoms with Gasteiger partial charge in [-0.1, -0.05) is 24.3 Å². The van der Waals surface area contributed by atoms with Gasteiger partial charge in [0.05, 0.1) is 0 Å². The molecule has 0 bridgehead atoms. The number of carbonyl (C=O) groups excluding carboxylic acids is 3. The first-order chi connectivity index (χ1) is 21.8. The third-order valence-corrected chi connectivity index (χ3v) is 12.0. The number of hydrogen-bond acceptors (Lipinski definition) is 7. The minimum atomic E-state index is -0.891. The van der Waals surface area contributed by atoms with Crippen molar-refractivity contribution in [3.05, 3.63) is 62.5 Å². The van der Waals surface area contributed by atoms with E-state index in [4.69, 9.17) is 4.74 Å². The smallest absolute Gasteiger partial charge is 0.411 e. The normalized spacial score (nSPS) is 25.5. The van der Waals surface area contributed by atoms with Crippen molar-refractivity contribution < 1.29 is 19.1 Å². The molecular formula is C33H42Br2N6O4. The first kappa shape index (κ1) is 32.4. The van der Waals surface area contributed by atoms with E-state index in [1.165, 1.54) is 0 Å². The van der Waals surface area contributed by atoms with Crippen LogP contribution in [0.4, 0.5) is 15.3 Å². The van der Waals surface area contributed by atoms with E-state index in [1.54, 1.807) is 4.90 Å². The molecule has 4 heterocycles. The number of nitrogens with one attached hydrogen (secondary N) is 1. The maximum atomic E-state index is 13.9. The third kappa shape index (κ3) is 6.95. The number of aldehydes is 1. The molecule has 2 atom stereocenters. The lowest BCUT2D eigenvalue weighted by atomic mass is 9.85. The van der Waals surface area contributed by atoms with E-state index in [2.05, 4.69) is 58.9 Å². The summed E-state index contributed by atoms with van der Waals surface area (Å²) in [6.07, 6.45) is 4.06. The van der Waals surface area contributed by atoms with Crippen LogP contribution in [0.25, 0.3) is 0 Å². The van der Waals surface area contributed by atoms with Gasteiger partial charge >= 0.3 is 12.1 Å². The quantitative estimate of drug-likeness (QED) is 0.382. The van der Waals surface area contributed by atoms with Crippen LogP contribution in [0.2, 0.25) is 0 Å². The van der Waals surface area contributed by atoms with Crippen molar-refractivity contribution in [2.45, 2.75) is 63.0 Å². The van der Waals surface area contributed by atoms with Crippen molar-refractivity contribution in [2.75, 3.05) is 58.2 Å². The Morgan fingerprint density at radius 2 is 1.71 bits per heavy atom. The summed E-state index contributed by atoms with van der Waals surface area (Å²) < 4.78 is 7.74. The lowest BCUT2D eigenvalue weighted by Crippen LogP contribution is -2.71. The average molecular weight is 747 g/mol. The monoisotopic (exact) mass is 744 g/mol. The lowest BCUT2D eigenvalue weighted by Gasteiger charge is -2.57. The highest BCUT2D eigenvalue weighted by atomic mass is 79.9. The topological polar surface area (TPSA) is 88.7 Å². The zero-order valence-corrected chi connectivity index (χ0v) is 29.0. The van der Waals surface area contributed by atoms with Crippen molar-refractivity contribution in [3.8, 4) is 0 Å². The van der Waals surface area contributed by atoms with Crippen LogP contribution in [-0.2, 0) is 22.7 Å². The maximum Gasteiger partial charge on any atom is 0.411 e. The van der Waals surface area contributed by atoms with Crippen molar-refractivity contribution >= 4 is 56.0 Å². The highest BCUT2D eigenvalue weighted by Gasteiger charge is 2.52. The predicted molar refractivity (Wildman–Crippen MR) is 180 cm³/mol. The number of nitrogens with zero attached hydrogens (tertiary/aromatic N) is 5. The molecule has 45 heavy (non-hydrogen) atoms. The maximum absolute atomic E-state index is 13.9. The van der Waals surface area contributed by atoms with Gasteiger partial charge in [0.15, 0.2) is 0 Å². The van der Waals surface area contributed by atoms with Gasteiger partial charge in [-0.05, 0) is 101 Å². The van der Waals surface area contributed by atoms with Crippen LogP contribution in [0.1, 0.15) is 43.2 Å². The van der Waals surface area contributed by atoms with Crippen molar-refractivity contribution in [3.63, 3.8) is 0 Å². The van der Waals surface area contributed by atoms with Gasteiger partial charge in [0.2, 0.25) is 0 Å². The number of piperazine rings is 1. The number of likely N-dealkylation sites (tertiary alicyclic amines) is 2. The zero-order chi connectivity index (χ0) is 31.6. The summed E-state index contributed by atoms with van der Waals surface area (Å²) in [5.41, 5.74) is 1.87. The number of benzene rings is 2. The highest BCUT2D eigenvalue weighted by Crippen LogP contribution is 2.40. The molecule has 4 aliphatic rings. The Morgan fingerprint density at radius 3 is 2.44 bits per heavy atom. The second-order valence-corrected chi connectivity index (χ2v) is 14.4. The fourth-order valence-electron chi connectivity index (χ4n) is 7.59. The summed E-state index contributed by atoms with van der Waals surface area (Å²) in [7, 11) is 2.18. The molecule has 4 aliphatic heterocycles. The standard InChI is InChI=1S/C33H42Br2N6O4/c1-37-12-8-26(9-13-37)38-15-17-39(18-16-38)33(11-19-42)21-27(40-22-25-4-2-3-5-30(25)36-31(40)43)10-14-41(33)32(44)45-23-24-6-7-28(34)29(35)20-24/h2-7,19-20,26-27H,8-18,21-23H2,1H3,(H,36,43)/t27-,33+/m1/s1. The molecule has 10 nitrogen and oxygen atoms in total. The summed E-state index contributed by atoms with van der Waals surface area (Å²) >= 11 is 7.02.